The molecule has 8 rings (SSSR count). The standard InChI is InChI=1S/C33H22Cl4N2O4/c34-18-9-14-26(25(35)17-18)43-20-12-10-19(11-13-20)38-27(40)15-16-39-30(41)28-29(31(39)42)33(37)22-6-2-1-5-21(22)32(28,36)23-7-3-4-8-24(23)33/h1-14,17,28-29H,15-16H2,(H,38,40)/t28-,29-,32?,33?/m0/s1. The first-order valence-corrected chi connectivity index (χ1v) is 15.1. The summed E-state index contributed by atoms with van der Waals surface area (Å²) in [6, 6.07) is 26.6. The highest BCUT2D eigenvalue weighted by Crippen LogP contribution is 2.69. The molecule has 1 saturated heterocycles. The lowest BCUT2D eigenvalue weighted by Crippen LogP contribution is -2.57. The van der Waals surface area contributed by atoms with Crippen molar-refractivity contribution in [2.45, 2.75) is 16.2 Å². The van der Waals surface area contributed by atoms with Gasteiger partial charge < -0.3 is 10.1 Å². The van der Waals surface area contributed by atoms with E-state index in [1.54, 1.807) is 42.5 Å². The summed E-state index contributed by atoms with van der Waals surface area (Å²) >= 11 is 27.0. The Morgan fingerprint density at radius 3 is 1.77 bits per heavy atom. The smallest absolute Gasteiger partial charge is 0.235 e. The second kappa shape index (κ2) is 10.3. The van der Waals surface area contributed by atoms with E-state index in [0.29, 0.717) is 27.2 Å². The summed E-state index contributed by atoms with van der Waals surface area (Å²) in [6.07, 6.45) is -0.0972. The molecule has 4 aliphatic rings. The maximum Gasteiger partial charge on any atom is 0.235 e. The minimum Gasteiger partial charge on any atom is -0.456 e. The average molecular weight is 652 g/mol. The molecule has 0 unspecified atom stereocenters. The van der Waals surface area contributed by atoms with Crippen molar-refractivity contribution in [1.82, 2.24) is 4.90 Å². The fourth-order valence-electron chi connectivity index (χ4n) is 6.67. The number of carbonyl (C=O) groups excluding carboxylic acids is 3. The van der Waals surface area contributed by atoms with Crippen molar-refractivity contribution in [3.05, 3.63) is 123 Å². The second-order valence-electron chi connectivity index (χ2n) is 10.8. The molecular weight excluding hydrogens is 630 g/mol. The lowest BCUT2D eigenvalue weighted by atomic mass is 9.54. The summed E-state index contributed by atoms with van der Waals surface area (Å²) in [5.74, 6) is -2.04. The fourth-order valence-corrected chi connectivity index (χ4v) is 8.22. The third kappa shape index (κ3) is 4.19. The van der Waals surface area contributed by atoms with Crippen molar-refractivity contribution in [2.24, 2.45) is 11.8 Å². The number of amides is 3. The number of nitrogens with zero attached hydrogens (tertiary/aromatic N) is 1. The van der Waals surface area contributed by atoms with Crippen LogP contribution in [-0.4, -0.2) is 29.2 Å². The Balaban J connectivity index is 1.08. The van der Waals surface area contributed by atoms with Crippen LogP contribution in [0.4, 0.5) is 5.69 Å². The molecule has 1 N–H and O–H groups in total. The number of likely N-dealkylation sites (tertiary alicyclic amines) is 1. The fraction of sp³-hybridized carbons (Fsp3) is 0.182. The summed E-state index contributed by atoms with van der Waals surface area (Å²) in [7, 11) is 0. The molecule has 2 atom stereocenters. The van der Waals surface area contributed by atoms with Crippen LogP contribution in [0.2, 0.25) is 10.0 Å². The molecule has 1 aliphatic heterocycles. The number of anilines is 1. The van der Waals surface area contributed by atoms with E-state index >= 15 is 0 Å². The van der Waals surface area contributed by atoms with Gasteiger partial charge in [0.05, 0.1) is 16.9 Å². The van der Waals surface area contributed by atoms with Gasteiger partial charge in [0.25, 0.3) is 0 Å². The number of rotatable bonds is 6. The third-order valence-electron chi connectivity index (χ3n) is 8.50. The van der Waals surface area contributed by atoms with Gasteiger partial charge in [-0.05, 0) is 64.7 Å². The Morgan fingerprint density at radius 1 is 0.767 bits per heavy atom. The van der Waals surface area contributed by atoms with Gasteiger partial charge in [0.2, 0.25) is 17.7 Å². The predicted molar refractivity (Wildman–Crippen MR) is 166 cm³/mol. The monoisotopic (exact) mass is 650 g/mol. The maximum atomic E-state index is 13.9. The summed E-state index contributed by atoms with van der Waals surface area (Å²) < 4.78 is 5.79. The SMILES string of the molecule is O=C(CCN1C(=O)[C@@H]2[C@@H](C1=O)C1(Cl)c3ccccc3C2(Cl)c2ccccc21)Nc1ccc(Oc2ccc(Cl)cc2Cl)cc1. The Hall–Kier alpha value is -3.55. The Morgan fingerprint density at radius 2 is 1.28 bits per heavy atom. The number of benzene rings is 4. The highest BCUT2D eigenvalue weighted by atomic mass is 35.5. The van der Waals surface area contributed by atoms with Crippen LogP contribution in [-0.2, 0) is 24.1 Å². The molecule has 4 aromatic rings. The summed E-state index contributed by atoms with van der Waals surface area (Å²) in [6.45, 7) is -0.0978. The first-order chi connectivity index (χ1) is 20.6. The van der Waals surface area contributed by atoms with Crippen LogP contribution >= 0.6 is 46.4 Å². The van der Waals surface area contributed by atoms with Crippen molar-refractivity contribution >= 4 is 69.8 Å². The number of hydrogen-bond donors (Lipinski definition) is 1. The number of alkyl halides is 2. The molecule has 3 aliphatic carbocycles. The highest BCUT2D eigenvalue weighted by Gasteiger charge is 2.72. The van der Waals surface area contributed by atoms with Crippen LogP contribution in [0.15, 0.2) is 91.0 Å². The van der Waals surface area contributed by atoms with Crippen molar-refractivity contribution < 1.29 is 19.1 Å². The Bertz CT molecular complexity index is 1700. The minimum absolute atomic E-state index is 0.0972. The first kappa shape index (κ1) is 28.2. The molecule has 2 bridgehead atoms. The van der Waals surface area contributed by atoms with Gasteiger partial charge in [-0.25, -0.2) is 0 Å². The largest absolute Gasteiger partial charge is 0.456 e. The lowest BCUT2D eigenvalue weighted by molar-refractivity contribution is -0.140. The van der Waals surface area contributed by atoms with Gasteiger partial charge in [-0.2, -0.15) is 0 Å². The van der Waals surface area contributed by atoms with Crippen LogP contribution in [0.5, 0.6) is 11.5 Å². The van der Waals surface area contributed by atoms with Crippen LogP contribution in [0.25, 0.3) is 0 Å². The van der Waals surface area contributed by atoms with Crippen molar-refractivity contribution in [3.63, 3.8) is 0 Å². The molecular formula is C33H22Cl4N2O4. The van der Waals surface area contributed by atoms with Crippen molar-refractivity contribution in [2.75, 3.05) is 11.9 Å². The Kier molecular flexibility index (Phi) is 6.75. The summed E-state index contributed by atoms with van der Waals surface area (Å²) in [5.41, 5.74) is 3.46. The van der Waals surface area contributed by atoms with E-state index in [1.807, 2.05) is 48.5 Å². The topological polar surface area (TPSA) is 75.7 Å². The molecule has 6 nitrogen and oxygen atoms in total. The maximum absolute atomic E-state index is 13.9. The molecule has 216 valence electrons. The van der Waals surface area contributed by atoms with Crippen LogP contribution in [0, 0.1) is 11.8 Å². The summed E-state index contributed by atoms with van der Waals surface area (Å²) in [4.78, 5) is 39.4. The van der Waals surface area contributed by atoms with E-state index in [2.05, 4.69) is 5.32 Å². The molecule has 1 heterocycles. The van der Waals surface area contributed by atoms with E-state index in [4.69, 9.17) is 51.1 Å². The lowest BCUT2D eigenvalue weighted by Gasteiger charge is -2.54. The number of imide groups is 1. The van der Waals surface area contributed by atoms with Gasteiger partial charge >= 0.3 is 0 Å². The molecule has 3 amide bonds. The number of ether oxygens (including phenoxy) is 1. The normalized spacial score (nSPS) is 24.8. The highest BCUT2D eigenvalue weighted by molar-refractivity contribution is 6.36. The van der Waals surface area contributed by atoms with Gasteiger partial charge in [-0.15, -0.1) is 23.2 Å². The van der Waals surface area contributed by atoms with E-state index in [0.717, 1.165) is 27.2 Å². The molecule has 0 saturated carbocycles. The Labute approximate surface area is 267 Å². The van der Waals surface area contributed by atoms with Crippen LogP contribution < -0.4 is 10.1 Å². The van der Waals surface area contributed by atoms with Gasteiger partial charge in [0, 0.05) is 23.7 Å². The van der Waals surface area contributed by atoms with E-state index in [-0.39, 0.29) is 18.9 Å². The number of carbonyl (C=O) groups is 3. The van der Waals surface area contributed by atoms with Gasteiger partial charge in [0.15, 0.2) is 0 Å². The van der Waals surface area contributed by atoms with Gasteiger partial charge in [0.1, 0.15) is 21.2 Å². The molecule has 43 heavy (non-hydrogen) atoms. The average Bonchev–Trinajstić information content (AvgIpc) is 3.27. The zero-order valence-electron chi connectivity index (χ0n) is 22.3. The van der Waals surface area contributed by atoms with Crippen LogP contribution in [0.3, 0.4) is 0 Å². The van der Waals surface area contributed by atoms with Crippen LogP contribution in [0.1, 0.15) is 28.7 Å². The van der Waals surface area contributed by atoms with E-state index in [9.17, 15) is 14.4 Å². The number of nitrogens with one attached hydrogen (secondary N) is 1. The number of halogens is 4. The summed E-state index contributed by atoms with van der Waals surface area (Å²) in [5, 5.41) is 3.67. The third-order valence-corrected chi connectivity index (χ3v) is 10.3. The van der Waals surface area contributed by atoms with Crippen molar-refractivity contribution in [1.29, 1.82) is 0 Å². The first-order valence-electron chi connectivity index (χ1n) is 13.6. The molecule has 4 aromatic carbocycles. The van der Waals surface area contributed by atoms with E-state index in [1.165, 1.54) is 0 Å². The van der Waals surface area contributed by atoms with Gasteiger partial charge in [-0.1, -0.05) is 71.7 Å². The molecule has 10 heteroatoms. The minimum atomic E-state index is -1.25. The van der Waals surface area contributed by atoms with Gasteiger partial charge in [-0.3, -0.25) is 19.3 Å². The molecule has 0 spiro atoms. The predicted octanol–water partition coefficient (Wildman–Crippen LogP) is 7.71. The zero-order chi connectivity index (χ0) is 30.1. The molecule has 1 fully saturated rings. The second-order valence-corrected chi connectivity index (χ2v) is 12.8. The molecule has 0 aromatic heterocycles. The van der Waals surface area contributed by atoms with E-state index < -0.39 is 33.4 Å². The zero-order valence-corrected chi connectivity index (χ0v) is 25.3. The molecule has 0 radical (unpaired) electrons. The number of hydrogen-bond acceptors (Lipinski definition) is 4. The van der Waals surface area contributed by atoms with Crippen molar-refractivity contribution in [3.8, 4) is 11.5 Å². The quantitative estimate of drug-likeness (QED) is 0.171.